The molecule has 0 bridgehead atoms. The molecule has 3 aliphatic rings. The molecule has 340 valence electrons. The van der Waals surface area contributed by atoms with Gasteiger partial charge in [0.1, 0.15) is 23.9 Å². The number of likely N-dealkylation sites (N-methyl/N-ethyl adjacent to an activating group) is 1. The van der Waals surface area contributed by atoms with E-state index in [0.29, 0.717) is 38.2 Å². The number of ketones is 2. The topological polar surface area (TPSA) is 181 Å². The molecule has 61 heavy (non-hydrogen) atoms. The lowest BCUT2D eigenvalue weighted by atomic mass is 9.72. The highest BCUT2D eigenvalue weighted by molar-refractivity contribution is 6.00. The first-order valence-electron chi connectivity index (χ1n) is 21.9. The second-order valence-electron chi connectivity index (χ2n) is 17.8. The van der Waals surface area contributed by atoms with Crippen molar-refractivity contribution in [1.82, 2.24) is 24.3 Å². The number of aliphatic hydroxyl groups excluding tert-OH is 1. The Labute approximate surface area is 360 Å². The summed E-state index contributed by atoms with van der Waals surface area (Å²) in [6, 6.07) is 2.61. The zero-order valence-electron chi connectivity index (χ0n) is 38.2. The third kappa shape index (κ3) is 9.98. The molecule has 2 aromatic heterocycles. The number of imidazole rings is 1. The highest BCUT2D eigenvalue weighted by atomic mass is 16.7. The van der Waals surface area contributed by atoms with E-state index in [1.807, 2.05) is 70.4 Å². The lowest BCUT2D eigenvalue weighted by Crippen LogP contribution is -2.61. The van der Waals surface area contributed by atoms with E-state index in [9.17, 15) is 24.3 Å². The molecule has 0 spiro atoms. The van der Waals surface area contributed by atoms with Gasteiger partial charge in [0.05, 0.1) is 43.0 Å². The van der Waals surface area contributed by atoms with Gasteiger partial charge in [0.2, 0.25) is 5.88 Å². The maximum Gasteiger partial charge on any atom is 0.410 e. The number of fused-ring (bicyclic) bond motifs is 1. The number of nitrogens with zero attached hydrogens (tertiary/aromatic N) is 5. The van der Waals surface area contributed by atoms with Crippen LogP contribution in [-0.2, 0) is 44.6 Å². The number of Topliss-reactive ketones (excluding diaryl/α,β-unsaturated/α-hetero) is 2. The molecule has 0 radical (unpaired) electrons. The lowest BCUT2D eigenvalue weighted by Gasteiger charge is -2.47. The van der Waals surface area contributed by atoms with Crippen LogP contribution in [0, 0.1) is 23.7 Å². The van der Waals surface area contributed by atoms with Crippen molar-refractivity contribution in [3.63, 3.8) is 0 Å². The maximum atomic E-state index is 14.9. The summed E-state index contributed by atoms with van der Waals surface area (Å²) in [5.41, 5.74) is -1.02. The molecule has 3 saturated heterocycles. The fourth-order valence-electron chi connectivity index (χ4n) is 9.86. The van der Waals surface area contributed by atoms with Crippen LogP contribution in [0.5, 0.6) is 5.88 Å². The number of amides is 1. The van der Waals surface area contributed by atoms with E-state index in [-0.39, 0.29) is 37.2 Å². The number of hydrogen-bond donors (Lipinski definition) is 1. The van der Waals surface area contributed by atoms with Gasteiger partial charge in [0.25, 0.3) is 0 Å². The molecular weight excluding hydrogens is 787 g/mol. The molecule has 0 aromatic carbocycles. The van der Waals surface area contributed by atoms with Crippen molar-refractivity contribution < 1.29 is 52.7 Å². The summed E-state index contributed by atoms with van der Waals surface area (Å²) in [6.45, 7) is 15.1. The van der Waals surface area contributed by atoms with Crippen LogP contribution in [0.15, 0.2) is 30.9 Å². The first-order valence-corrected chi connectivity index (χ1v) is 21.9. The smallest absolute Gasteiger partial charge is 0.410 e. The molecular formula is C45H69N5O11. The van der Waals surface area contributed by atoms with Crippen LogP contribution < -0.4 is 4.74 Å². The molecule has 5 heterocycles. The van der Waals surface area contributed by atoms with Crippen molar-refractivity contribution in [3.8, 4) is 17.1 Å². The Morgan fingerprint density at radius 2 is 1.67 bits per heavy atom. The van der Waals surface area contributed by atoms with E-state index >= 15 is 0 Å². The number of carbonyl (C=O) groups is 4. The SMILES string of the molecule is CC[C@H]1OC(=O)[C@H](C)C(=O)[C@H](C)[C@@H](OC2O[C@H](C)C[C@H](N(C)C)[C@H]2O)[C@@](C)(OC)C[C@@H](C)C(=O)[C@H](C)[C@@H]2N(CCCCn3cnc(-c4ccc(OC)nc4)c3)C(=O)O[C@@]21CC. The number of esters is 1. The molecule has 16 heteroatoms. The van der Waals surface area contributed by atoms with Gasteiger partial charge in [-0.25, -0.2) is 14.8 Å². The number of aryl methyl sites for hydroxylation is 1. The van der Waals surface area contributed by atoms with Crippen molar-refractivity contribution in [3.05, 3.63) is 30.9 Å². The normalized spacial score (nSPS) is 35.4. The van der Waals surface area contributed by atoms with E-state index in [4.69, 9.17) is 28.4 Å². The second-order valence-corrected chi connectivity index (χ2v) is 17.8. The molecule has 13 atom stereocenters. The highest BCUT2D eigenvalue weighted by Gasteiger charge is 2.62. The fraction of sp³-hybridized carbons (Fsp3) is 0.733. The fourth-order valence-corrected chi connectivity index (χ4v) is 9.86. The molecule has 1 unspecified atom stereocenters. The third-order valence-electron chi connectivity index (χ3n) is 13.4. The molecule has 3 fully saturated rings. The van der Waals surface area contributed by atoms with Crippen LogP contribution in [0.2, 0.25) is 0 Å². The number of methoxy groups -OCH3 is 2. The Balaban J connectivity index is 1.44. The first kappa shape index (κ1) is 48.1. The van der Waals surface area contributed by atoms with Gasteiger partial charge in [-0.1, -0.05) is 34.6 Å². The summed E-state index contributed by atoms with van der Waals surface area (Å²) < 4.78 is 38.7. The van der Waals surface area contributed by atoms with Crippen LogP contribution in [0.25, 0.3) is 11.3 Å². The zero-order chi connectivity index (χ0) is 45.0. The predicted octanol–water partition coefficient (Wildman–Crippen LogP) is 5.33. The van der Waals surface area contributed by atoms with Gasteiger partial charge in [0, 0.05) is 68.0 Å². The molecule has 16 nitrogen and oxygen atoms in total. The Kier molecular flexibility index (Phi) is 15.8. The number of ether oxygens (including phenoxy) is 6. The number of unbranched alkanes of at least 4 members (excludes halogenated alkanes) is 1. The van der Waals surface area contributed by atoms with Crippen LogP contribution in [0.3, 0.4) is 0 Å². The molecule has 0 saturated carbocycles. The number of rotatable bonds is 13. The monoisotopic (exact) mass is 855 g/mol. The second kappa shape index (κ2) is 20.0. The van der Waals surface area contributed by atoms with E-state index in [1.54, 1.807) is 44.4 Å². The average Bonchev–Trinajstić information content (AvgIpc) is 3.84. The number of cyclic esters (lactones) is 1. The summed E-state index contributed by atoms with van der Waals surface area (Å²) in [6.07, 6.45) is 2.88. The summed E-state index contributed by atoms with van der Waals surface area (Å²) in [4.78, 5) is 69.8. The number of carbonyl (C=O) groups excluding carboxylic acids is 4. The van der Waals surface area contributed by atoms with Crippen LogP contribution in [0.1, 0.15) is 93.9 Å². The van der Waals surface area contributed by atoms with Crippen molar-refractivity contribution in [2.24, 2.45) is 23.7 Å². The van der Waals surface area contributed by atoms with E-state index in [2.05, 4.69) is 9.97 Å². The third-order valence-corrected chi connectivity index (χ3v) is 13.4. The van der Waals surface area contributed by atoms with Crippen LogP contribution >= 0.6 is 0 Å². The van der Waals surface area contributed by atoms with E-state index in [1.165, 1.54) is 14.0 Å². The van der Waals surface area contributed by atoms with Crippen molar-refractivity contribution in [2.45, 2.75) is 154 Å². The largest absolute Gasteiger partial charge is 0.481 e. The Hall–Kier alpha value is -3.96. The minimum atomic E-state index is -1.37. The highest BCUT2D eigenvalue weighted by Crippen LogP contribution is 2.45. The van der Waals surface area contributed by atoms with Gasteiger partial charge in [-0.05, 0) is 79.5 Å². The minimum Gasteiger partial charge on any atom is -0.481 e. The van der Waals surface area contributed by atoms with Gasteiger partial charge in [-0.15, -0.1) is 0 Å². The summed E-state index contributed by atoms with van der Waals surface area (Å²) in [5.74, 6) is -4.45. The summed E-state index contributed by atoms with van der Waals surface area (Å²) >= 11 is 0. The Bertz CT molecular complexity index is 1820. The maximum absolute atomic E-state index is 14.9. The number of hydrogen-bond acceptors (Lipinski definition) is 14. The predicted molar refractivity (Wildman–Crippen MR) is 225 cm³/mol. The molecule has 1 amide bonds. The summed E-state index contributed by atoms with van der Waals surface area (Å²) in [7, 11) is 6.81. The van der Waals surface area contributed by atoms with Gasteiger partial charge >= 0.3 is 12.1 Å². The lowest BCUT2D eigenvalue weighted by molar-refractivity contribution is -0.295. The standard InChI is InChI=1S/C45H69N5O11/c1-13-34-45(14-2)39(50(43(55)61-45)20-16-15-19-49-24-32(47-25-49)31-17-18-35(56-11)46-23-31)28(5)36(51)26(3)22-44(8,57-12)40(29(6)37(52)30(7)41(54)59-34)60-42-38(53)33(48(9)10)21-27(4)58-42/h17-18,23-30,33-34,38-40,42,53H,13-16,19-22H2,1-12H3/t26-,27-,28+,29+,30-,33+,34-,38-,39+,40-,42?,44+,45-/m1/s1. The molecule has 1 N–H and O–H groups in total. The van der Waals surface area contributed by atoms with Crippen molar-refractivity contribution >= 4 is 23.6 Å². The average molecular weight is 856 g/mol. The van der Waals surface area contributed by atoms with Gasteiger partial charge in [-0.2, -0.15) is 0 Å². The molecule has 0 aliphatic carbocycles. The summed E-state index contributed by atoms with van der Waals surface area (Å²) in [5, 5.41) is 11.5. The first-order chi connectivity index (χ1) is 28.9. The quantitative estimate of drug-likeness (QED) is 0.155. The number of aliphatic hydroxyl groups is 1. The minimum absolute atomic E-state index is 0.126. The number of aromatic nitrogens is 3. The Morgan fingerprint density at radius 3 is 2.28 bits per heavy atom. The zero-order valence-corrected chi connectivity index (χ0v) is 38.2. The number of pyridine rings is 1. The van der Waals surface area contributed by atoms with Gasteiger partial charge in [-0.3, -0.25) is 14.4 Å². The van der Waals surface area contributed by atoms with Gasteiger partial charge < -0.3 is 47.9 Å². The van der Waals surface area contributed by atoms with Gasteiger partial charge in [0.15, 0.2) is 17.7 Å². The van der Waals surface area contributed by atoms with E-state index in [0.717, 1.165) is 11.3 Å². The van der Waals surface area contributed by atoms with Crippen LogP contribution in [-0.4, -0.2) is 142 Å². The molecule has 2 aromatic rings. The van der Waals surface area contributed by atoms with Crippen molar-refractivity contribution in [1.29, 1.82) is 0 Å². The van der Waals surface area contributed by atoms with Crippen molar-refractivity contribution in [2.75, 3.05) is 34.9 Å². The van der Waals surface area contributed by atoms with E-state index < -0.39 is 83.4 Å². The molecule has 3 aliphatic heterocycles. The Morgan fingerprint density at radius 1 is 0.967 bits per heavy atom. The molecule has 5 rings (SSSR count). The van der Waals surface area contributed by atoms with Crippen LogP contribution in [0.4, 0.5) is 4.79 Å².